The monoisotopic (exact) mass is 377 g/mol. The second kappa shape index (κ2) is 7.62. The zero-order valence-corrected chi connectivity index (χ0v) is 17.6. The summed E-state index contributed by atoms with van der Waals surface area (Å²) in [6.45, 7) is 13.3. The van der Waals surface area contributed by atoms with Gasteiger partial charge in [-0.2, -0.15) is 0 Å². The average Bonchev–Trinajstić information content (AvgIpc) is 2.93. The largest absolute Gasteiger partial charge is 0.519 e. The molecule has 25 heavy (non-hydrogen) atoms. The lowest BCUT2D eigenvalue weighted by molar-refractivity contribution is 0.249. The predicted molar refractivity (Wildman–Crippen MR) is 109 cm³/mol. The maximum absolute atomic E-state index is 6.13. The van der Waals surface area contributed by atoms with Crippen LogP contribution in [-0.4, -0.2) is 13.5 Å². The minimum absolute atomic E-state index is 0.121. The number of hydrogen-bond donors (Lipinski definition) is 1. The van der Waals surface area contributed by atoms with Crippen molar-refractivity contribution in [3.8, 4) is 5.95 Å². The molecule has 1 aromatic heterocycles. The summed E-state index contributed by atoms with van der Waals surface area (Å²) in [5, 5.41) is 3.48. The standard InChI is InChI=1S/C19H27NO3SSi/c1-14-7-9-15(10-8-14)20-18(24)21-13-16-11-12-17(22-16)23-25(5,6)19(2,3)4/h7-12H,13H2,1-6H3,(H,20,24). The predicted octanol–water partition coefficient (Wildman–Crippen LogP) is 5.89. The summed E-state index contributed by atoms with van der Waals surface area (Å²) >= 11 is 5.21. The van der Waals surface area contributed by atoms with Gasteiger partial charge in [-0.15, -0.1) is 0 Å². The summed E-state index contributed by atoms with van der Waals surface area (Å²) in [7, 11) is -1.91. The van der Waals surface area contributed by atoms with E-state index in [0.717, 1.165) is 5.69 Å². The van der Waals surface area contributed by atoms with Gasteiger partial charge in [0.15, 0.2) is 0 Å². The molecule has 0 atom stereocenters. The quantitative estimate of drug-likeness (QED) is 0.520. The maximum Gasteiger partial charge on any atom is 0.270 e. The first kappa shape index (κ1) is 19.5. The Balaban J connectivity index is 1.87. The van der Waals surface area contributed by atoms with Crippen LogP contribution in [0.3, 0.4) is 0 Å². The van der Waals surface area contributed by atoms with Crippen molar-refractivity contribution in [2.45, 2.75) is 52.4 Å². The number of thiocarbonyl (C=S) groups is 1. The van der Waals surface area contributed by atoms with Crippen molar-refractivity contribution >= 4 is 31.4 Å². The molecule has 136 valence electrons. The highest BCUT2D eigenvalue weighted by Gasteiger charge is 2.39. The van der Waals surface area contributed by atoms with E-state index in [1.807, 2.05) is 43.3 Å². The van der Waals surface area contributed by atoms with Crippen LogP contribution in [0, 0.1) is 6.92 Å². The highest BCUT2D eigenvalue weighted by Crippen LogP contribution is 2.37. The van der Waals surface area contributed by atoms with Crippen molar-refractivity contribution in [1.29, 1.82) is 0 Å². The molecular formula is C19H27NO3SSi. The molecule has 0 amide bonds. The summed E-state index contributed by atoms with van der Waals surface area (Å²) in [5.74, 6) is 1.23. The maximum atomic E-state index is 6.13. The molecule has 0 saturated heterocycles. The topological polar surface area (TPSA) is 43.6 Å². The Bertz CT molecular complexity index is 717. The number of hydrogen-bond acceptors (Lipinski definition) is 4. The molecule has 1 aromatic carbocycles. The molecule has 0 radical (unpaired) electrons. The number of benzene rings is 1. The first-order chi connectivity index (χ1) is 11.6. The molecule has 0 saturated carbocycles. The van der Waals surface area contributed by atoms with Gasteiger partial charge in [0.25, 0.3) is 19.4 Å². The minimum Gasteiger partial charge on any atom is -0.519 e. The van der Waals surface area contributed by atoms with E-state index in [-0.39, 0.29) is 11.6 Å². The highest BCUT2D eigenvalue weighted by atomic mass is 32.1. The molecule has 2 rings (SSSR count). The molecule has 0 unspecified atom stereocenters. The number of ether oxygens (including phenoxy) is 1. The molecule has 0 spiro atoms. The number of nitrogens with one attached hydrogen (secondary N) is 1. The third-order valence-corrected chi connectivity index (χ3v) is 8.99. The fourth-order valence-corrected chi connectivity index (χ4v) is 2.92. The third kappa shape index (κ3) is 5.61. The minimum atomic E-state index is -1.91. The van der Waals surface area contributed by atoms with E-state index in [2.05, 4.69) is 39.2 Å². The van der Waals surface area contributed by atoms with Gasteiger partial charge >= 0.3 is 0 Å². The summed E-state index contributed by atoms with van der Waals surface area (Å²) in [6.07, 6.45) is 0. The van der Waals surface area contributed by atoms with Crippen LogP contribution in [0.15, 0.2) is 40.8 Å². The van der Waals surface area contributed by atoms with E-state index >= 15 is 0 Å². The molecule has 0 aliphatic rings. The van der Waals surface area contributed by atoms with E-state index in [1.165, 1.54) is 5.56 Å². The normalized spacial score (nSPS) is 11.9. The molecule has 0 fully saturated rings. The van der Waals surface area contributed by atoms with Gasteiger partial charge in [-0.25, -0.2) is 0 Å². The van der Waals surface area contributed by atoms with Crippen molar-refractivity contribution in [1.82, 2.24) is 0 Å². The number of furan rings is 1. The lowest BCUT2D eigenvalue weighted by Gasteiger charge is -2.35. The summed E-state index contributed by atoms with van der Waals surface area (Å²) in [6, 6.07) is 11.7. The summed E-state index contributed by atoms with van der Waals surface area (Å²) in [4.78, 5) is 0. The van der Waals surface area contributed by atoms with Gasteiger partial charge in [0.05, 0.1) is 0 Å². The van der Waals surface area contributed by atoms with Gasteiger partial charge in [-0.3, -0.25) is 0 Å². The van der Waals surface area contributed by atoms with Crippen LogP contribution >= 0.6 is 12.2 Å². The number of aryl methyl sites for hydroxylation is 1. The van der Waals surface area contributed by atoms with Crippen LogP contribution in [0.25, 0.3) is 0 Å². The van der Waals surface area contributed by atoms with Crippen molar-refractivity contribution in [3.63, 3.8) is 0 Å². The second-order valence-corrected chi connectivity index (χ2v) is 12.7. The smallest absolute Gasteiger partial charge is 0.270 e. The zero-order chi connectivity index (χ0) is 18.7. The van der Waals surface area contributed by atoms with Gasteiger partial charge in [0.1, 0.15) is 12.4 Å². The SMILES string of the molecule is Cc1ccc(NC(=S)OCc2ccc(O[Si](C)(C)C(C)(C)C)o2)cc1. The first-order valence-corrected chi connectivity index (χ1v) is 11.7. The zero-order valence-electron chi connectivity index (χ0n) is 15.8. The Morgan fingerprint density at radius 1 is 1.12 bits per heavy atom. The van der Waals surface area contributed by atoms with E-state index in [1.54, 1.807) is 0 Å². The fraction of sp³-hybridized carbons (Fsp3) is 0.421. The van der Waals surface area contributed by atoms with E-state index < -0.39 is 8.32 Å². The highest BCUT2D eigenvalue weighted by molar-refractivity contribution is 7.80. The van der Waals surface area contributed by atoms with Gasteiger partial charge in [0, 0.05) is 11.8 Å². The lowest BCUT2D eigenvalue weighted by atomic mass is 10.2. The van der Waals surface area contributed by atoms with Crippen LogP contribution in [0.2, 0.25) is 18.1 Å². The second-order valence-electron chi connectivity index (χ2n) is 7.65. The van der Waals surface area contributed by atoms with Crippen LogP contribution in [0.4, 0.5) is 5.69 Å². The van der Waals surface area contributed by atoms with Gasteiger partial charge < -0.3 is 18.9 Å². The van der Waals surface area contributed by atoms with E-state index in [0.29, 0.717) is 16.9 Å². The number of rotatable bonds is 5. The number of anilines is 1. The Kier molecular flexibility index (Phi) is 5.95. The Hall–Kier alpha value is -1.79. The molecule has 0 aliphatic heterocycles. The molecular weight excluding hydrogens is 350 g/mol. The third-order valence-electron chi connectivity index (χ3n) is 4.44. The molecule has 1 heterocycles. The molecule has 0 bridgehead atoms. The lowest BCUT2D eigenvalue weighted by Crippen LogP contribution is -2.43. The van der Waals surface area contributed by atoms with E-state index in [4.69, 9.17) is 25.8 Å². The van der Waals surface area contributed by atoms with Crippen molar-refractivity contribution in [2.24, 2.45) is 0 Å². The molecule has 4 nitrogen and oxygen atoms in total. The summed E-state index contributed by atoms with van der Waals surface area (Å²) < 4.78 is 17.4. The van der Waals surface area contributed by atoms with Crippen molar-refractivity contribution < 1.29 is 13.6 Å². The Labute approximate surface area is 156 Å². The van der Waals surface area contributed by atoms with E-state index in [9.17, 15) is 0 Å². The van der Waals surface area contributed by atoms with Crippen LogP contribution in [0.5, 0.6) is 5.95 Å². The van der Waals surface area contributed by atoms with Crippen LogP contribution < -0.4 is 9.74 Å². The average molecular weight is 378 g/mol. The van der Waals surface area contributed by atoms with Gasteiger partial charge in [-0.1, -0.05) is 38.5 Å². The first-order valence-electron chi connectivity index (χ1n) is 8.35. The van der Waals surface area contributed by atoms with Crippen LogP contribution in [0.1, 0.15) is 32.1 Å². The Morgan fingerprint density at radius 2 is 1.76 bits per heavy atom. The van der Waals surface area contributed by atoms with Gasteiger partial charge in [0.2, 0.25) is 0 Å². The molecule has 1 N–H and O–H groups in total. The molecule has 6 heteroatoms. The molecule has 0 aliphatic carbocycles. The summed E-state index contributed by atoms with van der Waals surface area (Å²) in [5.41, 5.74) is 2.10. The van der Waals surface area contributed by atoms with Gasteiger partial charge in [-0.05, 0) is 55.5 Å². The van der Waals surface area contributed by atoms with Crippen molar-refractivity contribution in [2.75, 3.05) is 5.32 Å². The molecule has 2 aromatic rings. The van der Waals surface area contributed by atoms with Crippen LogP contribution in [-0.2, 0) is 11.3 Å². The Morgan fingerprint density at radius 3 is 2.36 bits per heavy atom. The fourth-order valence-electron chi connectivity index (χ4n) is 1.82. The van der Waals surface area contributed by atoms with Crippen molar-refractivity contribution in [3.05, 3.63) is 47.7 Å².